The molecule has 176 valence electrons. The van der Waals surface area contributed by atoms with Gasteiger partial charge in [0.15, 0.2) is 0 Å². The first-order valence-corrected chi connectivity index (χ1v) is 11.4. The molecule has 0 aliphatic rings. The van der Waals surface area contributed by atoms with Crippen molar-refractivity contribution in [1.82, 2.24) is 24.6 Å². The first-order chi connectivity index (χ1) is 17.7. The summed E-state index contributed by atoms with van der Waals surface area (Å²) in [4.78, 5) is 24.8. The lowest BCUT2D eigenvalue weighted by molar-refractivity contribution is 0.415. The van der Waals surface area contributed by atoms with Crippen molar-refractivity contribution < 1.29 is 4.74 Å². The van der Waals surface area contributed by atoms with Crippen molar-refractivity contribution in [3.05, 3.63) is 108 Å². The van der Waals surface area contributed by atoms with Gasteiger partial charge in [-0.2, -0.15) is 9.61 Å². The Morgan fingerprint density at radius 2 is 1.50 bits per heavy atom. The van der Waals surface area contributed by atoms with Gasteiger partial charge in [-0.1, -0.05) is 72.8 Å². The SMILES string of the molecule is COc1ccc(-c2c(Nc3ncc[nH]3)[nH]c3c(-c4ccccc4)c(-c4ccccc4)nn3c2=O)cc1. The molecule has 0 radical (unpaired) electrons. The number of imidazole rings is 1. The smallest absolute Gasteiger partial charge is 0.284 e. The molecule has 8 heteroatoms. The third-order valence-electron chi connectivity index (χ3n) is 6.02. The Hall–Kier alpha value is -5.11. The summed E-state index contributed by atoms with van der Waals surface area (Å²) in [6.07, 6.45) is 3.36. The van der Waals surface area contributed by atoms with E-state index in [9.17, 15) is 4.79 Å². The third-order valence-corrected chi connectivity index (χ3v) is 6.02. The van der Waals surface area contributed by atoms with Gasteiger partial charge in [0.05, 0.1) is 18.2 Å². The van der Waals surface area contributed by atoms with Crippen molar-refractivity contribution in [1.29, 1.82) is 0 Å². The van der Waals surface area contributed by atoms with E-state index in [1.54, 1.807) is 19.5 Å². The van der Waals surface area contributed by atoms with Crippen LogP contribution in [0.15, 0.2) is 102 Å². The van der Waals surface area contributed by atoms with Crippen LogP contribution in [-0.2, 0) is 0 Å². The number of fused-ring (bicyclic) bond motifs is 1. The average molecular weight is 475 g/mol. The molecule has 8 nitrogen and oxygen atoms in total. The normalized spacial score (nSPS) is 11.0. The molecule has 3 N–H and O–H groups in total. The Morgan fingerprint density at radius 3 is 2.14 bits per heavy atom. The third kappa shape index (κ3) is 3.70. The van der Waals surface area contributed by atoms with Crippen LogP contribution in [0.4, 0.5) is 11.8 Å². The number of nitrogens with one attached hydrogen (secondary N) is 3. The van der Waals surface area contributed by atoms with Crippen LogP contribution < -0.4 is 15.6 Å². The van der Waals surface area contributed by atoms with Crippen LogP contribution >= 0.6 is 0 Å². The number of nitrogens with zero attached hydrogens (tertiary/aromatic N) is 3. The van der Waals surface area contributed by atoms with Crippen molar-refractivity contribution in [3.63, 3.8) is 0 Å². The predicted octanol–water partition coefficient (Wildman–Crippen LogP) is 5.50. The molecule has 0 saturated heterocycles. The van der Waals surface area contributed by atoms with Crippen LogP contribution in [0.1, 0.15) is 0 Å². The van der Waals surface area contributed by atoms with Gasteiger partial charge in [-0.05, 0) is 23.3 Å². The molecular weight excluding hydrogens is 452 g/mol. The van der Waals surface area contributed by atoms with E-state index >= 15 is 0 Å². The van der Waals surface area contributed by atoms with Crippen LogP contribution in [-0.4, -0.2) is 31.7 Å². The number of rotatable bonds is 6. The van der Waals surface area contributed by atoms with Gasteiger partial charge in [0.2, 0.25) is 5.95 Å². The highest BCUT2D eigenvalue weighted by Crippen LogP contribution is 2.36. The second-order valence-electron chi connectivity index (χ2n) is 8.19. The molecule has 0 unspecified atom stereocenters. The Labute approximate surface area is 206 Å². The van der Waals surface area contributed by atoms with Crippen molar-refractivity contribution in [2.24, 2.45) is 0 Å². The molecule has 6 rings (SSSR count). The lowest BCUT2D eigenvalue weighted by Crippen LogP contribution is -2.19. The number of aromatic nitrogens is 5. The molecule has 0 bridgehead atoms. The molecule has 6 aromatic rings. The first kappa shape index (κ1) is 21.4. The fourth-order valence-electron chi connectivity index (χ4n) is 4.32. The summed E-state index contributed by atoms with van der Waals surface area (Å²) in [5.74, 6) is 1.71. The van der Waals surface area contributed by atoms with Crippen LogP contribution in [0.3, 0.4) is 0 Å². The second-order valence-corrected chi connectivity index (χ2v) is 8.19. The molecule has 3 aromatic heterocycles. The average Bonchev–Trinajstić information content (AvgIpc) is 3.58. The molecule has 3 aromatic carbocycles. The lowest BCUT2D eigenvalue weighted by atomic mass is 10.0. The van der Waals surface area contributed by atoms with Gasteiger partial charge in [0.1, 0.15) is 22.9 Å². The van der Waals surface area contributed by atoms with Gasteiger partial charge >= 0.3 is 0 Å². The van der Waals surface area contributed by atoms with Crippen molar-refractivity contribution >= 4 is 17.4 Å². The zero-order valence-electron chi connectivity index (χ0n) is 19.4. The number of anilines is 2. The van der Waals surface area contributed by atoms with E-state index in [1.807, 2.05) is 84.9 Å². The number of hydrogen-bond acceptors (Lipinski definition) is 5. The van der Waals surface area contributed by atoms with Gasteiger partial charge in [0, 0.05) is 18.0 Å². The van der Waals surface area contributed by atoms with E-state index in [0.29, 0.717) is 40.0 Å². The van der Waals surface area contributed by atoms with Crippen LogP contribution in [0.25, 0.3) is 39.2 Å². The maximum absolute atomic E-state index is 14.0. The molecule has 0 fully saturated rings. The minimum absolute atomic E-state index is 0.262. The zero-order valence-corrected chi connectivity index (χ0v) is 19.4. The van der Waals surface area contributed by atoms with Gasteiger partial charge in [-0.25, -0.2) is 4.98 Å². The molecule has 36 heavy (non-hydrogen) atoms. The number of aromatic amines is 2. The van der Waals surface area contributed by atoms with E-state index in [0.717, 1.165) is 16.7 Å². The number of methoxy groups -OCH3 is 1. The lowest BCUT2D eigenvalue weighted by Gasteiger charge is -2.12. The summed E-state index contributed by atoms with van der Waals surface area (Å²) >= 11 is 0. The molecule has 0 aliphatic carbocycles. The van der Waals surface area contributed by atoms with Crippen molar-refractivity contribution in [2.45, 2.75) is 0 Å². The van der Waals surface area contributed by atoms with Crippen LogP contribution in [0.2, 0.25) is 0 Å². The molecule has 0 saturated carbocycles. The number of ether oxygens (including phenoxy) is 1. The second kappa shape index (κ2) is 8.92. The zero-order chi connectivity index (χ0) is 24.5. The molecule has 0 spiro atoms. The summed E-state index contributed by atoms with van der Waals surface area (Å²) < 4.78 is 6.75. The largest absolute Gasteiger partial charge is 0.497 e. The van der Waals surface area contributed by atoms with Gasteiger partial charge < -0.3 is 20.0 Å². The maximum Gasteiger partial charge on any atom is 0.284 e. The highest BCUT2D eigenvalue weighted by Gasteiger charge is 2.23. The van der Waals surface area contributed by atoms with E-state index in [4.69, 9.17) is 9.84 Å². The molecular formula is C28H22N6O2. The summed E-state index contributed by atoms with van der Waals surface area (Å²) in [5, 5.41) is 8.06. The standard InChI is InChI=1S/C28H22N6O2/c1-36-21-14-12-19(13-15-21)23-25(32-28-29-16-17-30-28)31-26-22(18-8-4-2-5-9-18)24(33-34(26)27(23)35)20-10-6-3-7-11-20/h2-17,31H,1H3,(H2,29,30,32). The molecule has 0 atom stereocenters. The summed E-state index contributed by atoms with van der Waals surface area (Å²) in [7, 11) is 1.61. The maximum atomic E-state index is 14.0. The van der Waals surface area contributed by atoms with Crippen LogP contribution in [0.5, 0.6) is 5.75 Å². The number of benzene rings is 3. The van der Waals surface area contributed by atoms with Gasteiger partial charge in [0.25, 0.3) is 5.56 Å². The topological polar surface area (TPSA) is 100 Å². The molecule has 0 amide bonds. The van der Waals surface area contributed by atoms with E-state index in [2.05, 4.69) is 20.3 Å². The highest BCUT2D eigenvalue weighted by molar-refractivity contribution is 5.92. The van der Waals surface area contributed by atoms with Gasteiger partial charge in [-0.3, -0.25) is 4.79 Å². The van der Waals surface area contributed by atoms with Crippen LogP contribution in [0, 0.1) is 0 Å². The Balaban J connectivity index is 1.67. The number of hydrogen-bond donors (Lipinski definition) is 3. The minimum atomic E-state index is -0.262. The van der Waals surface area contributed by atoms with E-state index < -0.39 is 0 Å². The van der Waals surface area contributed by atoms with Crippen molar-refractivity contribution in [2.75, 3.05) is 12.4 Å². The fourth-order valence-corrected chi connectivity index (χ4v) is 4.32. The first-order valence-electron chi connectivity index (χ1n) is 11.4. The molecule has 0 aliphatic heterocycles. The van der Waals surface area contributed by atoms with Crippen molar-refractivity contribution in [3.8, 4) is 39.3 Å². The quantitative estimate of drug-likeness (QED) is 0.296. The Kier molecular flexibility index (Phi) is 5.31. The minimum Gasteiger partial charge on any atom is -0.497 e. The predicted molar refractivity (Wildman–Crippen MR) is 141 cm³/mol. The van der Waals surface area contributed by atoms with Gasteiger partial charge in [-0.15, -0.1) is 0 Å². The number of H-pyrrole nitrogens is 2. The summed E-state index contributed by atoms with van der Waals surface area (Å²) in [5.41, 5.74) is 4.88. The summed E-state index contributed by atoms with van der Waals surface area (Å²) in [6.45, 7) is 0. The summed E-state index contributed by atoms with van der Waals surface area (Å²) in [6, 6.07) is 27.1. The Bertz CT molecular complexity index is 1690. The monoisotopic (exact) mass is 474 g/mol. The fraction of sp³-hybridized carbons (Fsp3) is 0.0357. The van der Waals surface area contributed by atoms with E-state index in [-0.39, 0.29) is 5.56 Å². The molecule has 3 heterocycles. The Morgan fingerprint density at radius 1 is 0.833 bits per heavy atom. The highest BCUT2D eigenvalue weighted by atomic mass is 16.5. The van der Waals surface area contributed by atoms with E-state index in [1.165, 1.54) is 4.52 Å².